The molecule has 0 saturated heterocycles. The number of aliphatic hydroxyl groups excluding tert-OH is 2. The van der Waals surface area contributed by atoms with Gasteiger partial charge in [-0.1, -0.05) is 35.9 Å². The Balaban J connectivity index is 1.42. The van der Waals surface area contributed by atoms with Gasteiger partial charge in [-0.25, -0.2) is 0 Å². The highest BCUT2D eigenvalue weighted by Gasteiger charge is 2.64. The third-order valence-electron chi connectivity index (χ3n) is 9.33. The lowest BCUT2D eigenvalue weighted by Gasteiger charge is -2.50. The molecule has 1 fully saturated rings. The van der Waals surface area contributed by atoms with E-state index in [4.69, 9.17) is 17.3 Å². The number of amides is 1. The van der Waals surface area contributed by atoms with Gasteiger partial charge in [0, 0.05) is 36.1 Å². The molecule has 1 aliphatic heterocycles. The number of aliphatic hydroxyl groups is 3. The first-order valence-electron chi connectivity index (χ1n) is 13.8. The molecule has 0 spiro atoms. The first kappa shape index (κ1) is 28.4. The van der Waals surface area contributed by atoms with Crippen LogP contribution in [-0.2, 0) is 40.3 Å². The number of nitrogens with zero attached hydrogens (tertiary/aromatic N) is 2. The van der Waals surface area contributed by atoms with Crippen molar-refractivity contribution in [3.63, 3.8) is 0 Å². The molecule has 1 heterocycles. The normalized spacial score (nSPS) is 27.5. The van der Waals surface area contributed by atoms with Gasteiger partial charge in [-0.15, -0.1) is 0 Å². The summed E-state index contributed by atoms with van der Waals surface area (Å²) in [6.45, 7) is 1.99. The van der Waals surface area contributed by atoms with Crippen LogP contribution >= 0.6 is 11.6 Å². The fourth-order valence-corrected chi connectivity index (χ4v) is 7.68. The van der Waals surface area contributed by atoms with Crippen LogP contribution < -0.4 is 5.73 Å². The SMILES string of the molecule is CN(C)[C@@H]1C(=O)C(C(N)=O)=C(O)[C@@]2(O)C(=O)C3=C(O)c4c(O)cc(CN5CCc6ccccc6C5)c(Cl)c4C[C@H]3C[C@@H]12. The summed E-state index contributed by atoms with van der Waals surface area (Å²) in [5.41, 5.74) is 5.32. The van der Waals surface area contributed by atoms with E-state index in [-0.39, 0.29) is 29.7 Å². The molecule has 3 aliphatic carbocycles. The number of carbonyl (C=O) groups is 3. The minimum atomic E-state index is -2.67. The van der Waals surface area contributed by atoms with E-state index < -0.39 is 58.0 Å². The smallest absolute Gasteiger partial charge is 0.255 e. The highest BCUT2D eigenvalue weighted by atomic mass is 35.5. The number of primary amides is 1. The maximum absolute atomic E-state index is 14.0. The second kappa shape index (κ2) is 9.95. The van der Waals surface area contributed by atoms with Crippen molar-refractivity contribution in [3.05, 3.63) is 80.1 Å². The van der Waals surface area contributed by atoms with Crippen LogP contribution in [0.1, 0.15) is 34.2 Å². The molecule has 0 unspecified atom stereocenters. The van der Waals surface area contributed by atoms with Crippen LogP contribution in [0.3, 0.4) is 0 Å². The number of hydrogen-bond acceptors (Lipinski definition) is 9. The highest BCUT2D eigenvalue weighted by molar-refractivity contribution is 6.32. The molecule has 6 N–H and O–H groups in total. The van der Waals surface area contributed by atoms with Gasteiger partial charge in [-0.2, -0.15) is 0 Å². The Morgan fingerprint density at radius 3 is 2.52 bits per heavy atom. The zero-order chi connectivity index (χ0) is 30.2. The lowest BCUT2D eigenvalue weighted by atomic mass is 9.57. The predicted octanol–water partition coefficient (Wildman–Crippen LogP) is 2.18. The Bertz CT molecular complexity index is 1630. The number of fused-ring (bicyclic) bond motifs is 4. The zero-order valence-corrected chi connectivity index (χ0v) is 24.0. The van der Waals surface area contributed by atoms with Crippen LogP contribution in [0.4, 0.5) is 0 Å². The summed E-state index contributed by atoms with van der Waals surface area (Å²) in [5.74, 6) is -6.86. The molecule has 6 rings (SSSR count). The molecule has 4 aliphatic rings. The van der Waals surface area contributed by atoms with Crippen molar-refractivity contribution in [2.24, 2.45) is 17.6 Å². The predicted molar refractivity (Wildman–Crippen MR) is 154 cm³/mol. The molecule has 42 heavy (non-hydrogen) atoms. The Labute approximate surface area is 247 Å². The minimum absolute atomic E-state index is 0.00991. The van der Waals surface area contributed by atoms with Crippen LogP contribution in [0.2, 0.25) is 5.02 Å². The van der Waals surface area contributed by atoms with E-state index in [2.05, 4.69) is 17.0 Å². The molecule has 10 nitrogen and oxygen atoms in total. The summed E-state index contributed by atoms with van der Waals surface area (Å²) in [5, 5.41) is 45.5. The number of ketones is 2. The lowest BCUT2D eigenvalue weighted by molar-refractivity contribution is -0.153. The standard InChI is InChI=1S/C31H32ClN3O7/c1-34(2)25-19-10-16-9-18-22(26(37)21(16)28(39)31(19,42)29(40)23(27(25)38)30(33)41)20(36)11-17(24(18)32)13-35-8-7-14-5-3-4-6-15(14)12-35/h3-6,11,16,19,25,36-37,40,42H,7-10,12-13H2,1-2H3,(H2,33,41)/t16-,19-,25-,31-/m0/s1. The summed E-state index contributed by atoms with van der Waals surface area (Å²) >= 11 is 6.93. The molecule has 0 bridgehead atoms. The van der Waals surface area contributed by atoms with Crippen LogP contribution in [0, 0.1) is 11.8 Å². The molecule has 0 radical (unpaired) electrons. The minimum Gasteiger partial charge on any atom is -0.508 e. The summed E-state index contributed by atoms with van der Waals surface area (Å²) in [6, 6.07) is 8.58. The average Bonchev–Trinajstić information content (AvgIpc) is 2.93. The quantitative estimate of drug-likeness (QED) is 0.334. The van der Waals surface area contributed by atoms with Crippen molar-refractivity contribution < 1.29 is 34.8 Å². The first-order valence-corrected chi connectivity index (χ1v) is 14.2. The van der Waals surface area contributed by atoms with Gasteiger partial charge in [0.25, 0.3) is 5.91 Å². The summed E-state index contributed by atoms with van der Waals surface area (Å²) < 4.78 is 0. The molecule has 2 aromatic carbocycles. The topological polar surface area (TPSA) is 165 Å². The van der Waals surface area contributed by atoms with Crippen LogP contribution in [0.25, 0.3) is 5.76 Å². The van der Waals surface area contributed by atoms with Crippen LogP contribution in [0.5, 0.6) is 5.75 Å². The van der Waals surface area contributed by atoms with Crippen molar-refractivity contribution >= 4 is 34.8 Å². The average molecular weight is 594 g/mol. The van der Waals surface area contributed by atoms with Crippen molar-refractivity contribution in [3.8, 4) is 5.75 Å². The van der Waals surface area contributed by atoms with E-state index in [0.29, 0.717) is 22.7 Å². The number of aromatic hydroxyl groups is 1. The molecule has 1 amide bonds. The van der Waals surface area contributed by atoms with E-state index in [1.54, 1.807) is 14.1 Å². The van der Waals surface area contributed by atoms with E-state index in [9.17, 15) is 34.8 Å². The number of carbonyl (C=O) groups excluding carboxylic acids is 3. The second-order valence-electron chi connectivity index (χ2n) is 11.9. The monoisotopic (exact) mass is 593 g/mol. The third kappa shape index (κ3) is 4.00. The van der Waals surface area contributed by atoms with Gasteiger partial charge in [-0.05, 0) is 67.6 Å². The number of phenols is 1. The molecular weight excluding hydrogens is 562 g/mol. The first-order chi connectivity index (χ1) is 19.9. The number of Topliss-reactive ketones (excluding diaryl/α,β-unsaturated/α-hetero) is 2. The van der Waals surface area contributed by atoms with Crippen molar-refractivity contribution in [1.82, 2.24) is 9.80 Å². The zero-order valence-electron chi connectivity index (χ0n) is 23.2. The highest BCUT2D eigenvalue weighted by Crippen LogP contribution is 2.53. The van der Waals surface area contributed by atoms with E-state index in [1.165, 1.54) is 22.1 Å². The molecule has 11 heteroatoms. The number of likely N-dealkylation sites (N-methyl/N-ethyl adjacent to an activating group) is 1. The maximum atomic E-state index is 14.0. The number of nitrogens with two attached hydrogens (primary N) is 1. The molecular formula is C31H32ClN3O7. The van der Waals surface area contributed by atoms with E-state index >= 15 is 0 Å². The maximum Gasteiger partial charge on any atom is 0.255 e. The van der Waals surface area contributed by atoms with Crippen molar-refractivity contribution in [2.45, 2.75) is 44.0 Å². The number of halogens is 1. The number of rotatable bonds is 4. The van der Waals surface area contributed by atoms with Gasteiger partial charge in [0.2, 0.25) is 5.78 Å². The third-order valence-corrected chi connectivity index (χ3v) is 9.80. The van der Waals surface area contributed by atoms with Crippen LogP contribution in [0.15, 0.2) is 47.2 Å². The second-order valence-corrected chi connectivity index (χ2v) is 12.3. The Morgan fingerprint density at radius 2 is 1.86 bits per heavy atom. The number of hydrogen-bond donors (Lipinski definition) is 5. The number of phenolic OH excluding ortho intramolecular Hbond substituents is 1. The molecule has 220 valence electrons. The van der Waals surface area contributed by atoms with Gasteiger partial charge in [0.05, 0.1) is 11.6 Å². The molecule has 2 aromatic rings. The van der Waals surface area contributed by atoms with Gasteiger partial charge < -0.3 is 26.2 Å². The molecule has 1 saturated carbocycles. The Kier molecular flexibility index (Phi) is 6.73. The Hall–Kier alpha value is -3.70. The number of benzene rings is 2. The summed E-state index contributed by atoms with van der Waals surface area (Å²) in [6.07, 6.45) is 1.05. The van der Waals surface area contributed by atoms with Gasteiger partial charge >= 0.3 is 0 Å². The van der Waals surface area contributed by atoms with E-state index in [1.807, 2.05) is 12.1 Å². The van der Waals surface area contributed by atoms with Crippen LogP contribution in [-0.4, -0.2) is 80.0 Å². The Morgan fingerprint density at radius 1 is 1.17 bits per heavy atom. The molecule has 4 atom stereocenters. The largest absolute Gasteiger partial charge is 0.508 e. The van der Waals surface area contributed by atoms with Gasteiger partial charge in [0.1, 0.15) is 22.8 Å². The van der Waals surface area contributed by atoms with E-state index in [0.717, 1.165) is 19.5 Å². The summed E-state index contributed by atoms with van der Waals surface area (Å²) in [4.78, 5) is 43.0. The lowest BCUT2D eigenvalue weighted by Crippen LogP contribution is -2.65. The van der Waals surface area contributed by atoms with Gasteiger partial charge in [-0.3, -0.25) is 24.2 Å². The van der Waals surface area contributed by atoms with Crippen molar-refractivity contribution in [2.75, 3.05) is 20.6 Å². The van der Waals surface area contributed by atoms with Crippen molar-refractivity contribution in [1.29, 1.82) is 0 Å². The fraction of sp³-hybridized carbons (Fsp3) is 0.387. The van der Waals surface area contributed by atoms with Gasteiger partial charge in [0.15, 0.2) is 11.4 Å². The fourth-order valence-electron chi connectivity index (χ4n) is 7.39. The summed E-state index contributed by atoms with van der Waals surface area (Å²) in [7, 11) is 3.13. The molecule has 0 aromatic heterocycles.